The number of amides is 5. The van der Waals surface area contributed by atoms with Gasteiger partial charge >= 0.3 is 6.03 Å². The van der Waals surface area contributed by atoms with E-state index < -0.39 is 69.8 Å². The number of likely N-dealkylation sites (tertiary alicyclic amines) is 1. The van der Waals surface area contributed by atoms with Crippen LogP contribution in [-0.2, 0) is 29.2 Å². The number of carbonyl (C=O) groups is 5. The molecule has 4 unspecified atom stereocenters. The van der Waals surface area contributed by atoms with Crippen molar-refractivity contribution in [3.8, 4) is 0 Å². The van der Waals surface area contributed by atoms with E-state index >= 15 is 0 Å². The lowest BCUT2D eigenvalue weighted by molar-refractivity contribution is -0.144. The maximum Gasteiger partial charge on any atom is 0.315 e. The van der Waals surface area contributed by atoms with E-state index in [1.807, 2.05) is 13.8 Å². The van der Waals surface area contributed by atoms with Gasteiger partial charge in [-0.25, -0.2) is 17.9 Å². The molecule has 0 aromatic rings. The van der Waals surface area contributed by atoms with Crippen LogP contribution in [0.5, 0.6) is 0 Å². The molecule has 0 aromatic heterocycles. The zero-order valence-electron chi connectivity index (χ0n) is 23.1. The average Bonchev–Trinajstić information content (AvgIpc) is 3.12. The molecule has 0 radical (unpaired) electrons. The van der Waals surface area contributed by atoms with Gasteiger partial charge in [-0.2, -0.15) is 0 Å². The van der Waals surface area contributed by atoms with Crippen LogP contribution in [0.25, 0.3) is 0 Å². The summed E-state index contributed by atoms with van der Waals surface area (Å²) in [6.45, 7) is 12.2. The number of nitrogens with one attached hydrogen (secondary N) is 4. The molecule has 6 N–H and O–H groups in total. The van der Waals surface area contributed by atoms with Crippen LogP contribution < -0.4 is 26.4 Å². The summed E-state index contributed by atoms with van der Waals surface area (Å²) in [6, 6.07) is -4.09. The van der Waals surface area contributed by atoms with Crippen LogP contribution in [-0.4, -0.2) is 79.6 Å². The van der Waals surface area contributed by atoms with Crippen LogP contribution in [0.15, 0.2) is 12.0 Å². The van der Waals surface area contributed by atoms with Crippen LogP contribution in [0.3, 0.4) is 0 Å². The number of hydrogen-bond donors (Lipinski definition) is 5. The molecular weight excluding hydrogens is 528 g/mol. The number of hydrogen-bond acceptors (Lipinski definition) is 7. The molecule has 3 rings (SSSR count). The third kappa shape index (κ3) is 6.78. The molecule has 13 nitrogen and oxygen atoms in total. The van der Waals surface area contributed by atoms with Crippen molar-refractivity contribution in [1.29, 1.82) is 0 Å². The molecule has 2 aliphatic carbocycles. The number of rotatable bonds is 11. The molecule has 0 aromatic carbocycles. The smallest absolute Gasteiger partial charge is 0.315 e. The van der Waals surface area contributed by atoms with Gasteiger partial charge in [0, 0.05) is 24.0 Å². The first-order valence-corrected chi connectivity index (χ1v) is 14.6. The van der Waals surface area contributed by atoms with Crippen molar-refractivity contribution in [2.24, 2.45) is 28.9 Å². The van der Waals surface area contributed by atoms with E-state index in [1.165, 1.54) is 4.90 Å². The SMILES string of the molecule is C=CS(=O)(=O)NC[C@H](NC(=O)NC(C)(C)C)C(=O)N1CC2C(C1C(=O)NC(C(=O)C(N)=O)C1CCC1)C2(C)C. The first-order chi connectivity index (χ1) is 17.9. The van der Waals surface area contributed by atoms with Gasteiger partial charge in [-0.3, -0.25) is 19.2 Å². The number of nitrogens with zero attached hydrogens (tertiary/aromatic N) is 1. The van der Waals surface area contributed by atoms with Gasteiger partial charge in [0.05, 0.1) is 0 Å². The van der Waals surface area contributed by atoms with Gasteiger partial charge in [-0.1, -0.05) is 26.8 Å². The van der Waals surface area contributed by atoms with E-state index in [2.05, 4.69) is 27.3 Å². The second-order valence-electron chi connectivity index (χ2n) is 12.3. The number of primary amides is 1. The Kier molecular flexibility index (Phi) is 8.51. The van der Waals surface area contributed by atoms with E-state index in [0.29, 0.717) is 18.2 Å². The first kappa shape index (κ1) is 30.5. The lowest BCUT2D eigenvalue weighted by atomic mass is 9.78. The fourth-order valence-electron chi connectivity index (χ4n) is 5.57. The van der Waals surface area contributed by atoms with Gasteiger partial charge in [0.1, 0.15) is 18.1 Å². The van der Waals surface area contributed by atoms with Crippen molar-refractivity contribution < 1.29 is 32.4 Å². The van der Waals surface area contributed by atoms with Gasteiger partial charge in [0.25, 0.3) is 5.91 Å². The molecule has 14 heteroatoms. The predicted octanol–water partition coefficient (Wildman–Crippen LogP) is -0.662. The molecular formula is C25H40N6O7S. The summed E-state index contributed by atoms with van der Waals surface area (Å²) in [7, 11) is -3.92. The second-order valence-corrected chi connectivity index (χ2v) is 14.0. The molecule has 1 saturated heterocycles. The van der Waals surface area contributed by atoms with Gasteiger partial charge < -0.3 is 26.6 Å². The maximum absolute atomic E-state index is 13.8. The molecule has 39 heavy (non-hydrogen) atoms. The highest BCUT2D eigenvalue weighted by atomic mass is 32.2. The third-order valence-electron chi connectivity index (χ3n) is 8.00. The maximum atomic E-state index is 13.8. The molecule has 0 bridgehead atoms. The van der Waals surface area contributed by atoms with Crippen molar-refractivity contribution in [2.45, 2.75) is 77.5 Å². The van der Waals surface area contributed by atoms with Crippen molar-refractivity contribution >= 4 is 39.6 Å². The topological polar surface area (TPSA) is 197 Å². The Morgan fingerprint density at radius 2 is 1.74 bits per heavy atom. The number of carbonyl (C=O) groups excluding carboxylic acids is 5. The number of piperidine rings is 1. The van der Waals surface area contributed by atoms with Crippen LogP contribution in [0.1, 0.15) is 53.9 Å². The van der Waals surface area contributed by atoms with Gasteiger partial charge in [-0.15, -0.1) is 0 Å². The summed E-state index contributed by atoms with van der Waals surface area (Å²) < 4.78 is 26.2. The van der Waals surface area contributed by atoms with Crippen LogP contribution in [0, 0.1) is 23.2 Å². The van der Waals surface area contributed by atoms with Crippen molar-refractivity contribution in [3.63, 3.8) is 0 Å². The van der Waals surface area contributed by atoms with Crippen LogP contribution in [0.2, 0.25) is 0 Å². The molecule has 218 valence electrons. The summed E-state index contributed by atoms with van der Waals surface area (Å²) in [5.74, 6) is -3.71. The zero-order valence-corrected chi connectivity index (χ0v) is 23.9. The van der Waals surface area contributed by atoms with Crippen molar-refractivity contribution in [1.82, 2.24) is 25.6 Å². The Bertz CT molecular complexity index is 1160. The van der Waals surface area contributed by atoms with Gasteiger partial charge in [0.2, 0.25) is 27.6 Å². The normalized spacial score (nSPS) is 25.4. The summed E-state index contributed by atoms with van der Waals surface area (Å²) >= 11 is 0. The molecule has 1 aliphatic heterocycles. The Hall–Kier alpha value is -3.00. The Morgan fingerprint density at radius 1 is 1.13 bits per heavy atom. The molecule has 0 spiro atoms. The predicted molar refractivity (Wildman–Crippen MR) is 142 cm³/mol. The zero-order chi connectivity index (χ0) is 29.5. The highest BCUT2D eigenvalue weighted by molar-refractivity contribution is 7.92. The van der Waals surface area contributed by atoms with E-state index in [1.54, 1.807) is 20.8 Å². The quantitative estimate of drug-likeness (QED) is 0.204. The molecule has 3 fully saturated rings. The Morgan fingerprint density at radius 3 is 2.23 bits per heavy atom. The largest absolute Gasteiger partial charge is 0.363 e. The summed E-state index contributed by atoms with van der Waals surface area (Å²) in [5, 5.41) is 8.56. The fourth-order valence-corrected chi connectivity index (χ4v) is 6.09. The minimum absolute atomic E-state index is 0.0138. The summed E-state index contributed by atoms with van der Waals surface area (Å²) in [5.41, 5.74) is 4.34. The van der Waals surface area contributed by atoms with Crippen LogP contribution in [0.4, 0.5) is 4.79 Å². The minimum atomic E-state index is -3.92. The second kappa shape index (κ2) is 10.9. The molecule has 2 saturated carbocycles. The number of nitrogens with two attached hydrogens (primary N) is 1. The summed E-state index contributed by atoms with van der Waals surface area (Å²) in [6.07, 6.45) is 2.18. The molecule has 5 amide bonds. The van der Waals surface area contributed by atoms with E-state index in [9.17, 15) is 32.4 Å². The van der Waals surface area contributed by atoms with Crippen molar-refractivity contribution in [3.05, 3.63) is 12.0 Å². The molecule has 3 aliphatic rings. The van der Waals surface area contributed by atoms with Gasteiger partial charge in [0.15, 0.2) is 0 Å². The van der Waals surface area contributed by atoms with E-state index in [-0.39, 0.29) is 29.7 Å². The highest BCUT2D eigenvalue weighted by Crippen LogP contribution is 2.64. The first-order valence-electron chi connectivity index (χ1n) is 13.0. The number of urea groups is 1. The third-order valence-corrected chi connectivity index (χ3v) is 9.01. The lowest BCUT2D eigenvalue weighted by Gasteiger charge is -2.36. The van der Waals surface area contributed by atoms with Crippen molar-refractivity contribution in [2.75, 3.05) is 13.1 Å². The fraction of sp³-hybridized carbons (Fsp3) is 0.720. The molecule has 1 heterocycles. The number of sulfonamides is 1. The number of Topliss-reactive ketones (excluding diaryl/α,β-unsaturated/α-hetero) is 1. The van der Waals surface area contributed by atoms with Crippen LogP contribution >= 0.6 is 0 Å². The monoisotopic (exact) mass is 568 g/mol. The minimum Gasteiger partial charge on any atom is -0.363 e. The average molecular weight is 569 g/mol. The standard InChI is InChI=1S/C25H40N6O7S/c1-7-39(37,38)27-11-15(28-23(36)30-24(2,3)4)22(35)31-12-14-16(25(14,5)6)18(31)21(34)29-17(13-9-8-10-13)19(32)20(26)33/h7,13-18,27H,1,8-12H2,2-6H3,(H2,26,33)(H,29,34)(H2,28,30,36)/t14?,15-,16?,17?,18?/m0/s1. The van der Waals surface area contributed by atoms with Gasteiger partial charge in [-0.05, 0) is 56.8 Å². The number of ketones is 1. The lowest BCUT2D eigenvalue weighted by Crippen LogP contribution is -2.62. The number of fused-ring (bicyclic) bond motifs is 1. The Balaban J connectivity index is 1.86. The van der Waals surface area contributed by atoms with E-state index in [4.69, 9.17) is 5.73 Å². The Labute approximate surface area is 229 Å². The summed E-state index contributed by atoms with van der Waals surface area (Å²) in [4.78, 5) is 65.5. The molecule has 5 atom stereocenters. The highest BCUT2D eigenvalue weighted by Gasteiger charge is 2.69. The van der Waals surface area contributed by atoms with E-state index in [0.717, 1.165) is 6.42 Å².